The molecule has 7 heteroatoms. The molecular weight excluding hydrogens is 306 g/mol. The van der Waals surface area contributed by atoms with E-state index in [1.165, 1.54) is 0 Å². The molecule has 2 saturated heterocycles. The zero-order valence-corrected chi connectivity index (χ0v) is 14.3. The van der Waals surface area contributed by atoms with Crippen LogP contribution in [-0.4, -0.2) is 68.7 Å². The van der Waals surface area contributed by atoms with Crippen LogP contribution in [0.25, 0.3) is 0 Å². The summed E-state index contributed by atoms with van der Waals surface area (Å²) in [6.07, 6.45) is 3.24. The van der Waals surface area contributed by atoms with Crippen molar-refractivity contribution >= 4 is 15.7 Å². The SMILES string of the molecule is CCN(C(=O)C(C)OCC1CCCCO1)C1CCS(=O)(=O)C1. The van der Waals surface area contributed by atoms with Gasteiger partial charge in [0.2, 0.25) is 0 Å². The Morgan fingerprint density at radius 2 is 2.14 bits per heavy atom. The number of hydrogen-bond acceptors (Lipinski definition) is 5. The Morgan fingerprint density at radius 1 is 1.36 bits per heavy atom. The molecule has 3 atom stereocenters. The Hall–Kier alpha value is -0.660. The van der Waals surface area contributed by atoms with Crippen molar-refractivity contribution in [3.05, 3.63) is 0 Å². The molecule has 0 radical (unpaired) electrons. The van der Waals surface area contributed by atoms with E-state index in [4.69, 9.17) is 9.47 Å². The minimum atomic E-state index is -2.99. The summed E-state index contributed by atoms with van der Waals surface area (Å²) in [5.41, 5.74) is 0. The zero-order valence-electron chi connectivity index (χ0n) is 13.5. The first-order chi connectivity index (χ1) is 10.4. The molecule has 0 aromatic heterocycles. The second kappa shape index (κ2) is 7.75. The second-order valence-corrected chi connectivity index (χ2v) is 8.37. The molecule has 0 N–H and O–H groups in total. The van der Waals surface area contributed by atoms with Gasteiger partial charge in [-0.25, -0.2) is 8.42 Å². The van der Waals surface area contributed by atoms with E-state index in [1.807, 2.05) is 6.92 Å². The van der Waals surface area contributed by atoms with Crippen molar-refractivity contribution in [1.82, 2.24) is 4.90 Å². The number of carbonyl (C=O) groups is 1. The fourth-order valence-corrected chi connectivity index (χ4v) is 4.84. The number of amides is 1. The number of likely N-dealkylation sites (N-methyl/N-ethyl adjacent to an activating group) is 1. The molecule has 6 nitrogen and oxygen atoms in total. The van der Waals surface area contributed by atoms with Gasteiger partial charge in [-0.1, -0.05) is 0 Å². The summed E-state index contributed by atoms with van der Waals surface area (Å²) in [4.78, 5) is 14.2. The summed E-state index contributed by atoms with van der Waals surface area (Å²) >= 11 is 0. The average molecular weight is 333 g/mol. The van der Waals surface area contributed by atoms with E-state index in [1.54, 1.807) is 11.8 Å². The van der Waals surface area contributed by atoms with E-state index in [0.717, 1.165) is 25.9 Å². The quantitative estimate of drug-likeness (QED) is 0.725. The number of nitrogens with zero attached hydrogens (tertiary/aromatic N) is 1. The van der Waals surface area contributed by atoms with Crippen molar-refractivity contribution < 1.29 is 22.7 Å². The Morgan fingerprint density at radius 3 is 2.68 bits per heavy atom. The van der Waals surface area contributed by atoms with Gasteiger partial charge in [-0.05, 0) is 39.5 Å². The molecular formula is C15H27NO5S. The van der Waals surface area contributed by atoms with E-state index in [2.05, 4.69) is 0 Å². The summed E-state index contributed by atoms with van der Waals surface area (Å²) in [5, 5.41) is 0. The molecule has 2 aliphatic heterocycles. The normalized spacial score (nSPS) is 29.2. The number of carbonyl (C=O) groups excluding carboxylic acids is 1. The highest BCUT2D eigenvalue weighted by molar-refractivity contribution is 7.91. The van der Waals surface area contributed by atoms with Crippen LogP contribution in [-0.2, 0) is 24.1 Å². The summed E-state index contributed by atoms with van der Waals surface area (Å²) in [7, 11) is -2.99. The van der Waals surface area contributed by atoms with Gasteiger partial charge in [0.25, 0.3) is 5.91 Å². The maximum atomic E-state index is 12.5. The fraction of sp³-hybridized carbons (Fsp3) is 0.933. The van der Waals surface area contributed by atoms with Crippen molar-refractivity contribution in [3.8, 4) is 0 Å². The largest absolute Gasteiger partial charge is 0.376 e. The molecule has 128 valence electrons. The Labute approximate surface area is 133 Å². The zero-order chi connectivity index (χ0) is 16.2. The molecule has 0 aromatic carbocycles. The number of sulfone groups is 1. The second-order valence-electron chi connectivity index (χ2n) is 6.15. The van der Waals surface area contributed by atoms with Gasteiger partial charge in [0.1, 0.15) is 6.10 Å². The third-order valence-electron chi connectivity index (χ3n) is 4.43. The molecule has 2 heterocycles. The van der Waals surface area contributed by atoms with Crippen LogP contribution >= 0.6 is 0 Å². The lowest BCUT2D eigenvalue weighted by Gasteiger charge is -2.30. The lowest BCUT2D eigenvalue weighted by Crippen LogP contribution is -2.46. The molecule has 0 bridgehead atoms. The molecule has 0 spiro atoms. The van der Waals surface area contributed by atoms with Gasteiger partial charge in [-0.2, -0.15) is 0 Å². The molecule has 2 aliphatic rings. The van der Waals surface area contributed by atoms with Crippen LogP contribution < -0.4 is 0 Å². The predicted octanol–water partition coefficient (Wildman–Crippen LogP) is 0.996. The van der Waals surface area contributed by atoms with Crippen molar-refractivity contribution in [2.24, 2.45) is 0 Å². The van der Waals surface area contributed by atoms with E-state index in [9.17, 15) is 13.2 Å². The van der Waals surface area contributed by atoms with Crippen molar-refractivity contribution in [2.45, 2.75) is 57.8 Å². The van der Waals surface area contributed by atoms with Crippen LogP contribution in [0.5, 0.6) is 0 Å². The first-order valence-electron chi connectivity index (χ1n) is 8.17. The standard InChI is InChI=1S/C15H27NO5S/c1-3-16(13-7-9-22(18,19)11-13)15(17)12(2)21-10-14-6-4-5-8-20-14/h12-14H,3-11H2,1-2H3. The van der Waals surface area contributed by atoms with Crippen LogP contribution in [0.15, 0.2) is 0 Å². The molecule has 0 saturated carbocycles. The maximum Gasteiger partial charge on any atom is 0.251 e. The van der Waals surface area contributed by atoms with Gasteiger partial charge in [-0.3, -0.25) is 4.79 Å². The van der Waals surface area contributed by atoms with Crippen LogP contribution in [0.1, 0.15) is 39.5 Å². The van der Waals surface area contributed by atoms with E-state index >= 15 is 0 Å². The highest BCUT2D eigenvalue weighted by atomic mass is 32.2. The van der Waals surface area contributed by atoms with Crippen LogP contribution in [0.2, 0.25) is 0 Å². The summed E-state index contributed by atoms with van der Waals surface area (Å²) < 4.78 is 34.5. The predicted molar refractivity (Wildman–Crippen MR) is 83.5 cm³/mol. The molecule has 0 aromatic rings. The lowest BCUT2D eigenvalue weighted by atomic mass is 10.1. The number of hydrogen-bond donors (Lipinski definition) is 0. The lowest BCUT2D eigenvalue weighted by molar-refractivity contribution is -0.147. The van der Waals surface area contributed by atoms with Crippen LogP contribution in [0, 0.1) is 0 Å². The first-order valence-corrected chi connectivity index (χ1v) is 9.99. The average Bonchev–Trinajstić information content (AvgIpc) is 2.86. The summed E-state index contributed by atoms with van der Waals surface area (Å²) in [6, 6.07) is -0.209. The van der Waals surface area contributed by atoms with Gasteiger partial charge in [0.05, 0.1) is 24.2 Å². The summed E-state index contributed by atoms with van der Waals surface area (Å²) in [6.45, 7) is 5.30. The molecule has 0 aliphatic carbocycles. The molecule has 2 fully saturated rings. The van der Waals surface area contributed by atoms with Crippen molar-refractivity contribution in [2.75, 3.05) is 31.3 Å². The Balaban J connectivity index is 1.84. The third-order valence-corrected chi connectivity index (χ3v) is 6.18. The minimum Gasteiger partial charge on any atom is -0.376 e. The van der Waals surface area contributed by atoms with Crippen LogP contribution in [0.4, 0.5) is 0 Å². The highest BCUT2D eigenvalue weighted by Gasteiger charge is 2.35. The number of ether oxygens (including phenoxy) is 2. The number of rotatable bonds is 6. The minimum absolute atomic E-state index is 0.0744. The maximum absolute atomic E-state index is 12.5. The monoisotopic (exact) mass is 333 g/mol. The van der Waals surface area contributed by atoms with Crippen molar-refractivity contribution in [1.29, 1.82) is 0 Å². The Kier molecular flexibility index (Phi) is 6.23. The van der Waals surface area contributed by atoms with Crippen molar-refractivity contribution in [3.63, 3.8) is 0 Å². The molecule has 1 amide bonds. The van der Waals surface area contributed by atoms with Gasteiger partial charge in [0, 0.05) is 19.2 Å². The topological polar surface area (TPSA) is 72.9 Å². The smallest absolute Gasteiger partial charge is 0.251 e. The highest BCUT2D eigenvalue weighted by Crippen LogP contribution is 2.19. The van der Waals surface area contributed by atoms with E-state index in [0.29, 0.717) is 19.6 Å². The summed E-state index contributed by atoms with van der Waals surface area (Å²) in [5.74, 6) is 0.123. The van der Waals surface area contributed by atoms with E-state index < -0.39 is 15.9 Å². The molecule has 22 heavy (non-hydrogen) atoms. The van der Waals surface area contributed by atoms with Gasteiger partial charge in [0.15, 0.2) is 9.84 Å². The Bertz CT molecular complexity index is 472. The van der Waals surface area contributed by atoms with Gasteiger partial charge < -0.3 is 14.4 Å². The third kappa shape index (κ3) is 4.67. The van der Waals surface area contributed by atoms with Gasteiger partial charge in [-0.15, -0.1) is 0 Å². The molecule has 3 unspecified atom stereocenters. The first kappa shape index (κ1) is 17.7. The molecule has 2 rings (SSSR count). The fourth-order valence-electron chi connectivity index (χ4n) is 3.11. The van der Waals surface area contributed by atoms with Gasteiger partial charge >= 0.3 is 0 Å². The van der Waals surface area contributed by atoms with Crippen LogP contribution in [0.3, 0.4) is 0 Å². The van der Waals surface area contributed by atoms with E-state index in [-0.39, 0.29) is 29.6 Å².